The normalized spacial score (nSPS) is 13.8. The number of ketones is 2. The molecule has 2 aromatic carbocycles. The second-order valence-corrected chi connectivity index (χ2v) is 7.09. The minimum atomic E-state index is -4.45. The van der Waals surface area contributed by atoms with E-state index in [1.807, 2.05) is 0 Å². The van der Waals surface area contributed by atoms with E-state index >= 15 is 0 Å². The molecule has 0 radical (unpaired) electrons. The molecule has 0 bridgehead atoms. The summed E-state index contributed by atoms with van der Waals surface area (Å²) < 4.78 is 32.0. The number of carbonyl (C=O) groups is 2. The van der Waals surface area contributed by atoms with E-state index in [1.54, 1.807) is 40.8 Å². The first-order valence-electron chi connectivity index (χ1n) is 5.80. The SMILES string of the molecule is O=C1c2ccccc2C(=O)c2c(I)cc(S(=O)(=O)O)cc21. The van der Waals surface area contributed by atoms with Crippen molar-refractivity contribution in [3.63, 3.8) is 0 Å². The summed E-state index contributed by atoms with van der Waals surface area (Å²) >= 11 is 1.78. The quantitative estimate of drug-likeness (QED) is 0.488. The van der Waals surface area contributed by atoms with Gasteiger partial charge in [0.05, 0.1) is 4.90 Å². The van der Waals surface area contributed by atoms with Gasteiger partial charge >= 0.3 is 0 Å². The lowest BCUT2D eigenvalue weighted by atomic mass is 9.84. The molecule has 0 heterocycles. The molecule has 21 heavy (non-hydrogen) atoms. The standard InChI is InChI=1S/C14H7IO5S/c15-11-6-7(21(18,19)20)5-10-12(11)14(17)9-4-2-1-3-8(9)13(10)16/h1-6H,(H,18,19,20). The van der Waals surface area contributed by atoms with E-state index in [0.717, 1.165) is 6.07 Å². The van der Waals surface area contributed by atoms with Crippen LogP contribution in [-0.4, -0.2) is 24.5 Å². The molecule has 5 nitrogen and oxygen atoms in total. The minimum absolute atomic E-state index is 0.00164. The first-order chi connectivity index (χ1) is 9.80. The van der Waals surface area contributed by atoms with Gasteiger partial charge in [-0.15, -0.1) is 0 Å². The van der Waals surface area contributed by atoms with Crippen LogP contribution in [-0.2, 0) is 10.1 Å². The van der Waals surface area contributed by atoms with E-state index in [0.29, 0.717) is 9.13 Å². The largest absolute Gasteiger partial charge is 0.294 e. The summed E-state index contributed by atoms with van der Waals surface area (Å²) in [6, 6.07) is 8.59. The van der Waals surface area contributed by atoms with Gasteiger partial charge in [0.15, 0.2) is 11.6 Å². The summed E-state index contributed by atoms with van der Waals surface area (Å²) in [4.78, 5) is 24.5. The number of rotatable bonds is 1. The van der Waals surface area contributed by atoms with Crippen LogP contribution in [0.5, 0.6) is 0 Å². The second kappa shape index (κ2) is 4.72. The molecule has 2 aromatic rings. The Hall–Kier alpha value is -1.58. The fraction of sp³-hybridized carbons (Fsp3) is 0. The molecule has 0 fully saturated rings. The molecule has 0 saturated heterocycles. The molecule has 0 aliphatic heterocycles. The fourth-order valence-electron chi connectivity index (χ4n) is 2.30. The van der Waals surface area contributed by atoms with E-state index < -0.39 is 20.8 Å². The number of hydrogen-bond donors (Lipinski definition) is 1. The Morgan fingerprint density at radius 3 is 2.05 bits per heavy atom. The van der Waals surface area contributed by atoms with Gasteiger partial charge in [-0.2, -0.15) is 8.42 Å². The lowest BCUT2D eigenvalue weighted by Gasteiger charge is -2.19. The van der Waals surface area contributed by atoms with Gasteiger partial charge in [-0.1, -0.05) is 24.3 Å². The van der Waals surface area contributed by atoms with Crippen LogP contribution in [0.2, 0.25) is 0 Å². The highest BCUT2D eigenvalue weighted by Gasteiger charge is 2.32. The molecule has 0 spiro atoms. The molecule has 0 aromatic heterocycles. The lowest BCUT2D eigenvalue weighted by Crippen LogP contribution is -2.22. The van der Waals surface area contributed by atoms with Gasteiger partial charge in [0.1, 0.15) is 0 Å². The molecular weight excluding hydrogens is 407 g/mol. The van der Waals surface area contributed by atoms with Crippen LogP contribution >= 0.6 is 22.6 Å². The number of carbonyl (C=O) groups excluding carboxylic acids is 2. The third-order valence-electron chi connectivity index (χ3n) is 3.25. The zero-order valence-corrected chi connectivity index (χ0v) is 13.3. The second-order valence-electron chi connectivity index (χ2n) is 4.51. The average Bonchev–Trinajstić information content (AvgIpc) is 2.43. The molecule has 0 amide bonds. The van der Waals surface area contributed by atoms with Crippen molar-refractivity contribution in [3.05, 3.63) is 62.2 Å². The van der Waals surface area contributed by atoms with Crippen molar-refractivity contribution >= 4 is 44.3 Å². The van der Waals surface area contributed by atoms with Gasteiger partial charge in [-0.25, -0.2) is 0 Å². The van der Waals surface area contributed by atoms with E-state index in [2.05, 4.69) is 0 Å². The fourth-order valence-corrected chi connectivity index (χ4v) is 3.92. The van der Waals surface area contributed by atoms with Gasteiger partial charge < -0.3 is 0 Å². The van der Waals surface area contributed by atoms with Gasteiger partial charge in [-0.3, -0.25) is 14.1 Å². The molecule has 1 aliphatic carbocycles. The summed E-state index contributed by atoms with van der Waals surface area (Å²) in [5.74, 6) is -0.755. The maximum absolute atomic E-state index is 12.5. The Morgan fingerprint density at radius 2 is 1.48 bits per heavy atom. The zero-order valence-electron chi connectivity index (χ0n) is 10.3. The smallest absolute Gasteiger partial charge is 0.289 e. The van der Waals surface area contributed by atoms with E-state index in [4.69, 9.17) is 4.55 Å². The van der Waals surface area contributed by atoms with Crippen LogP contribution in [0.1, 0.15) is 31.8 Å². The third-order valence-corrected chi connectivity index (χ3v) is 4.93. The van der Waals surface area contributed by atoms with Gasteiger partial charge in [0.25, 0.3) is 10.1 Å². The lowest BCUT2D eigenvalue weighted by molar-refractivity contribution is 0.0978. The van der Waals surface area contributed by atoms with Crippen LogP contribution in [0.3, 0.4) is 0 Å². The van der Waals surface area contributed by atoms with Crippen LogP contribution in [0, 0.1) is 3.57 Å². The van der Waals surface area contributed by atoms with Gasteiger partial charge in [0, 0.05) is 25.8 Å². The average molecular weight is 414 g/mol. The van der Waals surface area contributed by atoms with Crippen molar-refractivity contribution in [2.75, 3.05) is 0 Å². The highest BCUT2D eigenvalue weighted by Crippen LogP contribution is 2.32. The van der Waals surface area contributed by atoms with Crippen LogP contribution < -0.4 is 0 Å². The van der Waals surface area contributed by atoms with Crippen molar-refractivity contribution in [2.24, 2.45) is 0 Å². The van der Waals surface area contributed by atoms with Gasteiger partial charge in [-0.05, 0) is 34.7 Å². The summed E-state index contributed by atoms with van der Waals surface area (Å²) in [5.41, 5.74) is 0.704. The van der Waals surface area contributed by atoms with E-state index in [1.165, 1.54) is 12.1 Å². The monoisotopic (exact) mass is 414 g/mol. The number of benzene rings is 2. The molecule has 106 valence electrons. The molecule has 0 atom stereocenters. The Labute approximate surface area is 133 Å². The first-order valence-corrected chi connectivity index (χ1v) is 8.32. The van der Waals surface area contributed by atoms with Crippen LogP contribution in [0.25, 0.3) is 0 Å². The van der Waals surface area contributed by atoms with E-state index in [-0.39, 0.29) is 22.5 Å². The van der Waals surface area contributed by atoms with Gasteiger partial charge in [0.2, 0.25) is 0 Å². The topological polar surface area (TPSA) is 88.5 Å². The Morgan fingerprint density at radius 1 is 0.905 bits per heavy atom. The zero-order chi connectivity index (χ0) is 15.4. The highest BCUT2D eigenvalue weighted by atomic mass is 127. The summed E-state index contributed by atoms with van der Waals surface area (Å²) in [6.07, 6.45) is 0. The van der Waals surface area contributed by atoms with Crippen LogP contribution in [0.15, 0.2) is 41.3 Å². The maximum Gasteiger partial charge on any atom is 0.294 e. The minimum Gasteiger partial charge on any atom is -0.289 e. The number of halogens is 1. The number of fused-ring (bicyclic) bond motifs is 2. The van der Waals surface area contributed by atoms with Crippen molar-refractivity contribution < 1.29 is 22.6 Å². The Balaban J connectivity index is 2.36. The van der Waals surface area contributed by atoms with Crippen molar-refractivity contribution in [1.82, 2.24) is 0 Å². The first kappa shape index (κ1) is 14.4. The Bertz CT molecular complexity index is 915. The molecule has 3 rings (SSSR count). The summed E-state index contributed by atoms with van der Waals surface area (Å²) in [5, 5.41) is 0. The molecule has 1 N–H and O–H groups in total. The predicted octanol–water partition coefficient (Wildman–Crippen LogP) is 2.31. The molecule has 0 saturated carbocycles. The van der Waals surface area contributed by atoms with Crippen molar-refractivity contribution in [1.29, 1.82) is 0 Å². The number of hydrogen-bond acceptors (Lipinski definition) is 4. The maximum atomic E-state index is 12.5. The van der Waals surface area contributed by atoms with Crippen LogP contribution in [0.4, 0.5) is 0 Å². The molecule has 0 unspecified atom stereocenters. The molecule has 7 heteroatoms. The molecule has 1 aliphatic rings. The molecular formula is C14H7IO5S. The summed E-state index contributed by atoms with van der Waals surface area (Å²) in [7, 11) is -4.45. The van der Waals surface area contributed by atoms with E-state index in [9.17, 15) is 18.0 Å². The summed E-state index contributed by atoms with van der Waals surface area (Å²) in [6.45, 7) is 0. The predicted molar refractivity (Wildman–Crippen MR) is 82.3 cm³/mol. The Kier molecular flexibility index (Phi) is 3.23. The third kappa shape index (κ3) is 2.21. The van der Waals surface area contributed by atoms with Crippen molar-refractivity contribution in [2.45, 2.75) is 4.90 Å². The van der Waals surface area contributed by atoms with Crippen molar-refractivity contribution in [3.8, 4) is 0 Å². The highest BCUT2D eigenvalue weighted by molar-refractivity contribution is 14.1.